The first-order valence-corrected chi connectivity index (χ1v) is 14.1. The zero-order valence-corrected chi connectivity index (χ0v) is 23.0. The van der Waals surface area contributed by atoms with E-state index in [1.54, 1.807) is 6.07 Å². The summed E-state index contributed by atoms with van der Waals surface area (Å²) in [6.07, 6.45) is 0. The average molecular weight is 550 g/mol. The Morgan fingerprint density at radius 2 is 1.26 bits per heavy atom. The molecule has 0 atom stereocenters. The molecule has 0 fully saturated rings. The van der Waals surface area contributed by atoms with E-state index in [-0.39, 0.29) is 0 Å². The third-order valence-electron chi connectivity index (χ3n) is 7.92. The summed E-state index contributed by atoms with van der Waals surface area (Å²) in [7, 11) is 0. The van der Waals surface area contributed by atoms with Crippen LogP contribution in [0, 0.1) is 11.3 Å². The molecular formula is C39H23N3O. The fourth-order valence-electron chi connectivity index (χ4n) is 5.82. The fourth-order valence-corrected chi connectivity index (χ4v) is 5.82. The normalized spacial score (nSPS) is 11.2. The maximum atomic E-state index is 9.46. The summed E-state index contributed by atoms with van der Waals surface area (Å²) in [5.74, 6) is 0.628. The van der Waals surface area contributed by atoms with Crippen molar-refractivity contribution in [3.63, 3.8) is 0 Å². The maximum Gasteiger partial charge on any atom is 0.160 e. The molecule has 0 spiro atoms. The summed E-state index contributed by atoms with van der Waals surface area (Å²) in [6.45, 7) is 0. The Morgan fingerprint density at radius 3 is 2.09 bits per heavy atom. The number of furan rings is 1. The first-order valence-electron chi connectivity index (χ1n) is 14.1. The van der Waals surface area contributed by atoms with Gasteiger partial charge in [-0.25, -0.2) is 9.97 Å². The molecule has 8 aromatic rings. The number of benzene rings is 6. The lowest BCUT2D eigenvalue weighted by molar-refractivity contribution is 0.673. The van der Waals surface area contributed by atoms with Crippen molar-refractivity contribution in [2.75, 3.05) is 0 Å². The Kier molecular flexibility index (Phi) is 5.80. The molecule has 0 saturated heterocycles. The van der Waals surface area contributed by atoms with Crippen LogP contribution < -0.4 is 0 Å². The summed E-state index contributed by atoms with van der Waals surface area (Å²) >= 11 is 0. The largest absolute Gasteiger partial charge is 0.455 e. The molecule has 8 rings (SSSR count). The molecule has 0 saturated carbocycles. The summed E-state index contributed by atoms with van der Waals surface area (Å²) in [4.78, 5) is 9.92. The Morgan fingerprint density at radius 1 is 0.535 bits per heavy atom. The predicted molar refractivity (Wildman–Crippen MR) is 173 cm³/mol. The van der Waals surface area contributed by atoms with Crippen molar-refractivity contribution in [1.82, 2.24) is 9.97 Å². The van der Waals surface area contributed by atoms with Gasteiger partial charge in [0.25, 0.3) is 0 Å². The van der Waals surface area contributed by atoms with Gasteiger partial charge in [-0.15, -0.1) is 0 Å². The molecule has 0 bridgehead atoms. The smallest absolute Gasteiger partial charge is 0.160 e. The second-order valence-corrected chi connectivity index (χ2v) is 10.5. The number of nitrogens with zero attached hydrogens (tertiary/aromatic N) is 3. The minimum atomic E-state index is 0.595. The molecule has 4 heteroatoms. The predicted octanol–water partition coefficient (Wildman–Crippen LogP) is 10.1. The molecule has 0 aliphatic heterocycles. The van der Waals surface area contributed by atoms with Crippen molar-refractivity contribution in [3.05, 3.63) is 145 Å². The average Bonchev–Trinajstić information content (AvgIpc) is 3.48. The van der Waals surface area contributed by atoms with Crippen molar-refractivity contribution in [2.45, 2.75) is 0 Å². The quantitative estimate of drug-likeness (QED) is 0.219. The van der Waals surface area contributed by atoms with Crippen LogP contribution in [0.4, 0.5) is 0 Å². The van der Waals surface area contributed by atoms with Crippen LogP contribution in [-0.4, -0.2) is 9.97 Å². The molecule has 2 heterocycles. The number of fused-ring (bicyclic) bond motifs is 5. The van der Waals surface area contributed by atoms with E-state index in [0.717, 1.165) is 71.9 Å². The summed E-state index contributed by atoms with van der Waals surface area (Å²) < 4.78 is 6.41. The maximum absolute atomic E-state index is 9.46. The van der Waals surface area contributed by atoms with Gasteiger partial charge in [0.05, 0.1) is 23.0 Å². The first-order chi connectivity index (χ1) is 21.2. The molecule has 0 N–H and O–H groups in total. The minimum Gasteiger partial charge on any atom is -0.455 e. The molecule has 6 aromatic carbocycles. The number of hydrogen-bond donors (Lipinski definition) is 0. The Balaban J connectivity index is 1.25. The van der Waals surface area contributed by atoms with E-state index in [9.17, 15) is 5.26 Å². The third kappa shape index (κ3) is 4.32. The van der Waals surface area contributed by atoms with Crippen LogP contribution in [0.1, 0.15) is 5.56 Å². The SMILES string of the molecule is N#Cc1cccc(-c2cc(-c3ccccc3)nc(-c3ccc(-c4cccc5oc6c7ccccc7ccc6c45)cc3)n2)c1. The van der Waals surface area contributed by atoms with Gasteiger partial charge in [-0.2, -0.15) is 5.26 Å². The van der Waals surface area contributed by atoms with E-state index in [1.807, 2.05) is 66.7 Å². The third-order valence-corrected chi connectivity index (χ3v) is 7.92. The van der Waals surface area contributed by atoms with Crippen molar-refractivity contribution in [1.29, 1.82) is 5.26 Å². The molecule has 0 aliphatic rings. The summed E-state index contributed by atoms with van der Waals surface area (Å²) in [5.41, 5.74) is 8.98. The van der Waals surface area contributed by atoms with Gasteiger partial charge in [0.1, 0.15) is 11.2 Å². The number of aromatic nitrogens is 2. The number of hydrogen-bond acceptors (Lipinski definition) is 4. The lowest BCUT2D eigenvalue weighted by Crippen LogP contribution is -1.96. The van der Waals surface area contributed by atoms with Crippen LogP contribution in [0.25, 0.3) is 77.7 Å². The molecular weight excluding hydrogens is 526 g/mol. The van der Waals surface area contributed by atoms with Crippen LogP contribution >= 0.6 is 0 Å². The van der Waals surface area contributed by atoms with Crippen LogP contribution in [0.15, 0.2) is 144 Å². The van der Waals surface area contributed by atoms with E-state index < -0.39 is 0 Å². The molecule has 43 heavy (non-hydrogen) atoms. The summed E-state index contributed by atoms with van der Waals surface area (Å²) in [5, 5.41) is 14.0. The monoisotopic (exact) mass is 549 g/mol. The van der Waals surface area contributed by atoms with Gasteiger partial charge < -0.3 is 4.42 Å². The Labute approximate surface area is 248 Å². The van der Waals surface area contributed by atoms with Crippen molar-refractivity contribution < 1.29 is 4.42 Å². The second-order valence-electron chi connectivity index (χ2n) is 10.5. The topological polar surface area (TPSA) is 62.7 Å². The highest BCUT2D eigenvalue weighted by Crippen LogP contribution is 2.40. The highest BCUT2D eigenvalue weighted by atomic mass is 16.3. The van der Waals surface area contributed by atoms with Crippen molar-refractivity contribution >= 4 is 32.7 Å². The number of rotatable bonds is 4. The molecule has 0 aliphatic carbocycles. The van der Waals surface area contributed by atoms with Crippen LogP contribution in [-0.2, 0) is 0 Å². The first kappa shape index (κ1) is 24.7. The highest BCUT2D eigenvalue weighted by Gasteiger charge is 2.16. The molecule has 0 amide bonds. The summed E-state index contributed by atoms with van der Waals surface area (Å²) in [6, 6.07) is 49.1. The van der Waals surface area contributed by atoms with Gasteiger partial charge in [-0.3, -0.25) is 0 Å². The van der Waals surface area contributed by atoms with E-state index in [1.165, 1.54) is 0 Å². The standard InChI is InChI=1S/C39H23N3O/c40-24-25-8-6-12-30(22-25)35-23-34(28-10-2-1-3-11-28)41-39(42-35)29-18-16-27(17-19-29)31-14-7-15-36-37(31)33-21-20-26-9-4-5-13-32(26)38(33)43-36/h1-23H. The molecule has 2 aromatic heterocycles. The van der Waals surface area contributed by atoms with Gasteiger partial charge >= 0.3 is 0 Å². The fraction of sp³-hybridized carbons (Fsp3) is 0. The lowest BCUT2D eigenvalue weighted by atomic mass is 9.97. The zero-order chi connectivity index (χ0) is 28.8. The molecule has 0 unspecified atom stereocenters. The molecule has 0 radical (unpaired) electrons. The molecule has 200 valence electrons. The van der Waals surface area contributed by atoms with Crippen molar-refractivity contribution in [2.24, 2.45) is 0 Å². The molecule has 4 nitrogen and oxygen atoms in total. The van der Waals surface area contributed by atoms with Gasteiger partial charge in [-0.1, -0.05) is 109 Å². The van der Waals surface area contributed by atoms with Crippen LogP contribution in [0.5, 0.6) is 0 Å². The van der Waals surface area contributed by atoms with Gasteiger partial charge in [0.15, 0.2) is 5.82 Å². The zero-order valence-electron chi connectivity index (χ0n) is 23.0. The van der Waals surface area contributed by atoms with E-state index in [2.05, 4.69) is 72.8 Å². The second kappa shape index (κ2) is 10.1. The highest BCUT2D eigenvalue weighted by molar-refractivity contribution is 6.19. The van der Waals surface area contributed by atoms with Crippen LogP contribution in [0.3, 0.4) is 0 Å². The van der Waals surface area contributed by atoms with Crippen molar-refractivity contribution in [3.8, 4) is 51.1 Å². The van der Waals surface area contributed by atoms with E-state index in [4.69, 9.17) is 14.4 Å². The van der Waals surface area contributed by atoms with Gasteiger partial charge in [0, 0.05) is 32.8 Å². The minimum absolute atomic E-state index is 0.595. The Bertz CT molecular complexity index is 2350. The van der Waals surface area contributed by atoms with Crippen LogP contribution in [0.2, 0.25) is 0 Å². The van der Waals surface area contributed by atoms with Gasteiger partial charge in [0.2, 0.25) is 0 Å². The van der Waals surface area contributed by atoms with E-state index in [0.29, 0.717) is 11.4 Å². The van der Waals surface area contributed by atoms with Gasteiger partial charge in [-0.05, 0) is 46.8 Å². The number of nitriles is 1. The lowest BCUT2D eigenvalue weighted by Gasteiger charge is -2.10. The van der Waals surface area contributed by atoms with E-state index >= 15 is 0 Å². The Hall–Kier alpha value is -6.05.